The summed E-state index contributed by atoms with van der Waals surface area (Å²) in [6.45, 7) is 4.60. The molecule has 0 amide bonds. The lowest BCUT2D eigenvalue weighted by molar-refractivity contribution is -0.870. The van der Waals surface area contributed by atoms with Crippen LogP contribution in [0.1, 0.15) is 84.5 Å². The van der Waals surface area contributed by atoms with Gasteiger partial charge in [-0.25, -0.2) is 0 Å². The van der Waals surface area contributed by atoms with Crippen molar-refractivity contribution in [2.75, 3.05) is 54.1 Å². The third-order valence-corrected chi connectivity index (χ3v) is 6.85. The molecule has 8 nitrogen and oxygen atoms in total. The first-order valence-electron chi connectivity index (χ1n) is 15.5. The zero-order chi connectivity index (χ0) is 31.4. The minimum atomic E-state index is -4.49. The summed E-state index contributed by atoms with van der Waals surface area (Å²) in [5.41, 5.74) is 0. The molecule has 2 atom stereocenters. The summed E-state index contributed by atoms with van der Waals surface area (Å²) in [5.74, 6) is -0.436. The van der Waals surface area contributed by atoms with Crippen LogP contribution in [0.25, 0.3) is 0 Å². The third kappa shape index (κ3) is 29.7. The minimum absolute atomic E-state index is 0.0152. The van der Waals surface area contributed by atoms with Gasteiger partial charge in [-0.3, -0.25) is 9.36 Å². The highest BCUT2D eigenvalue weighted by Gasteiger charge is 2.19. The Labute approximate surface area is 256 Å². The second-order valence-corrected chi connectivity index (χ2v) is 12.5. The molecule has 0 heterocycles. The monoisotopic (exact) mass is 611 g/mol. The molecule has 0 bridgehead atoms. The number of phosphoric acid groups is 1. The number of phosphoric ester groups is 1. The fourth-order valence-corrected chi connectivity index (χ4v) is 4.16. The molecular weight excluding hydrogens is 553 g/mol. The molecule has 0 N–H and O–H groups in total. The van der Waals surface area contributed by atoms with E-state index in [1.807, 2.05) is 21.1 Å². The molecule has 0 saturated carbocycles. The van der Waals surface area contributed by atoms with Gasteiger partial charge in [0.1, 0.15) is 19.3 Å². The zero-order valence-corrected chi connectivity index (χ0v) is 27.8. The summed E-state index contributed by atoms with van der Waals surface area (Å²) in [6.07, 6.45) is 31.7. The van der Waals surface area contributed by atoms with E-state index in [-0.39, 0.29) is 26.2 Å². The van der Waals surface area contributed by atoms with Crippen LogP contribution in [-0.2, 0) is 27.9 Å². The van der Waals surface area contributed by atoms with Crippen LogP contribution in [0.4, 0.5) is 0 Å². The number of carbonyl (C=O) groups excluding carboxylic acids is 1. The Morgan fingerprint density at radius 3 is 1.83 bits per heavy atom. The molecule has 0 aromatic rings. The highest BCUT2D eigenvalue weighted by Crippen LogP contribution is 2.38. The van der Waals surface area contributed by atoms with Gasteiger partial charge in [0.05, 0.1) is 34.4 Å². The van der Waals surface area contributed by atoms with Gasteiger partial charge in [-0.15, -0.1) is 0 Å². The van der Waals surface area contributed by atoms with Crippen LogP contribution in [0.5, 0.6) is 0 Å². The third-order valence-electron chi connectivity index (χ3n) is 5.89. The summed E-state index contributed by atoms with van der Waals surface area (Å²) >= 11 is 0. The van der Waals surface area contributed by atoms with Crippen molar-refractivity contribution in [1.82, 2.24) is 0 Å². The first kappa shape index (κ1) is 40.2. The number of likely N-dealkylation sites (N-methyl/N-ethyl adjacent to an activating group) is 1. The van der Waals surface area contributed by atoms with Gasteiger partial charge in [-0.2, -0.15) is 0 Å². The van der Waals surface area contributed by atoms with Crippen LogP contribution in [0, 0.1) is 0 Å². The molecule has 0 radical (unpaired) electrons. The fraction of sp³-hybridized carbons (Fsp3) is 0.667. The minimum Gasteiger partial charge on any atom is -0.756 e. The quantitative estimate of drug-likeness (QED) is 0.0318. The van der Waals surface area contributed by atoms with Crippen LogP contribution in [0.2, 0.25) is 0 Å². The summed E-state index contributed by atoms with van der Waals surface area (Å²) in [7, 11) is 1.31. The van der Waals surface area contributed by atoms with E-state index in [9.17, 15) is 14.3 Å². The lowest BCUT2D eigenvalue weighted by atomic mass is 10.1. The molecule has 0 spiro atoms. The second-order valence-electron chi connectivity index (χ2n) is 11.0. The van der Waals surface area contributed by atoms with Crippen LogP contribution in [0.3, 0.4) is 0 Å². The SMILES string of the molecule is CC/C=C\C/C=C\C/C=C\C/C=C\C/C=C\CCCCCCOCC(COP(=O)([O-])OCC[N+](C)(C)C)OC(=O)CC. The largest absolute Gasteiger partial charge is 0.756 e. The second kappa shape index (κ2) is 26.8. The van der Waals surface area contributed by atoms with Gasteiger partial charge < -0.3 is 27.9 Å². The maximum atomic E-state index is 12.0. The summed E-state index contributed by atoms with van der Waals surface area (Å²) < 4.78 is 33.4. The van der Waals surface area contributed by atoms with Crippen LogP contribution in [-0.4, -0.2) is 70.7 Å². The topological polar surface area (TPSA) is 94.1 Å². The molecule has 242 valence electrons. The Bertz CT molecular complexity index is 859. The maximum Gasteiger partial charge on any atom is 0.305 e. The van der Waals surface area contributed by atoms with Gasteiger partial charge in [-0.05, 0) is 51.4 Å². The van der Waals surface area contributed by atoms with Gasteiger partial charge in [0.15, 0.2) is 0 Å². The van der Waals surface area contributed by atoms with Crippen LogP contribution in [0.15, 0.2) is 60.8 Å². The van der Waals surface area contributed by atoms with Crippen molar-refractivity contribution in [1.29, 1.82) is 0 Å². The Hall–Kier alpha value is -1.80. The van der Waals surface area contributed by atoms with Gasteiger partial charge in [0.2, 0.25) is 0 Å². The number of quaternary nitrogens is 1. The molecule has 0 saturated heterocycles. The first-order chi connectivity index (χ1) is 20.1. The Morgan fingerprint density at radius 1 is 0.738 bits per heavy atom. The number of carbonyl (C=O) groups is 1. The normalized spacial score (nSPS) is 15.1. The maximum absolute atomic E-state index is 12.0. The molecule has 9 heteroatoms. The summed E-state index contributed by atoms with van der Waals surface area (Å²) in [5, 5.41) is 0. The highest BCUT2D eigenvalue weighted by molar-refractivity contribution is 7.45. The summed E-state index contributed by atoms with van der Waals surface area (Å²) in [4.78, 5) is 23.8. The summed E-state index contributed by atoms with van der Waals surface area (Å²) in [6, 6.07) is 0. The molecule has 2 unspecified atom stereocenters. The number of rotatable bonds is 27. The van der Waals surface area contributed by atoms with Crippen LogP contribution >= 0.6 is 7.82 Å². The number of allylic oxidation sites excluding steroid dienone is 10. The predicted octanol–water partition coefficient (Wildman–Crippen LogP) is 7.23. The lowest BCUT2D eigenvalue weighted by Gasteiger charge is -2.28. The van der Waals surface area contributed by atoms with Crippen molar-refractivity contribution in [3.8, 4) is 0 Å². The number of esters is 1. The van der Waals surface area contributed by atoms with Crippen LogP contribution < -0.4 is 4.89 Å². The standard InChI is InChI=1S/C33H58NO7P/c1-6-8-9-10-11-12-13-14-15-16-17-18-19-20-21-22-23-24-25-26-28-38-30-32(41-33(35)7-2)31-40-42(36,37)39-29-27-34(3,4)5/h8-9,11-12,14-15,17-18,20-21,32H,6-7,10,13,16,19,22-31H2,1-5H3/b9-8-,12-11-,15-14-,18-17-,21-20-. The Balaban J connectivity index is 3.94. The molecule has 0 rings (SSSR count). The molecule has 0 aliphatic heterocycles. The van der Waals surface area contributed by atoms with Crippen molar-refractivity contribution in [3.05, 3.63) is 60.8 Å². The van der Waals surface area contributed by atoms with Crippen molar-refractivity contribution in [2.24, 2.45) is 0 Å². The van der Waals surface area contributed by atoms with Gasteiger partial charge in [0.25, 0.3) is 7.82 Å². The van der Waals surface area contributed by atoms with Crippen molar-refractivity contribution in [2.45, 2.75) is 90.6 Å². The van der Waals surface area contributed by atoms with Crippen molar-refractivity contribution in [3.63, 3.8) is 0 Å². The number of nitrogens with zero attached hydrogens (tertiary/aromatic N) is 1. The van der Waals surface area contributed by atoms with E-state index >= 15 is 0 Å². The van der Waals surface area contributed by atoms with Gasteiger partial charge in [-0.1, -0.05) is 87.4 Å². The van der Waals surface area contributed by atoms with E-state index in [1.54, 1.807) is 6.92 Å². The Kier molecular flexibility index (Phi) is 25.7. The number of hydrogen-bond acceptors (Lipinski definition) is 7. The number of unbranched alkanes of at least 4 members (excludes halogenated alkanes) is 4. The molecule has 0 aliphatic rings. The number of ether oxygens (including phenoxy) is 2. The molecule has 0 fully saturated rings. The molecule has 0 aliphatic carbocycles. The van der Waals surface area contributed by atoms with E-state index in [2.05, 4.69) is 67.7 Å². The molecule has 0 aromatic heterocycles. The van der Waals surface area contributed by atoms with E-state index in [0.717, 1.165) is 64.2 Å². The van der Waals surface area contributed by atoms with E-state index in [1.165, 1.54) is 0 Å². The van der Waals surface area contributed by atoms with E-state index < -0.39 is 19.9 Å². The predicted molar refractivity (Wildman–Crippen MR) is 171 cm³/mol. The molecule has 0 aromatic carbocycles. The first-order valence-corrected chi connectivity index (χ1v) is 17.0. The average Bonchev–Trinajstić information content (AvgIpc) is 2.93. The molecule has 42 heavy (non-hydrogen) atoms. The van der Waals surface area contributed by atoms with E-state index in [4.69, 9.17) is 18.5 Å². The van der Waals surface area contributed by atoms with Gasteiger partial charge >= 0.3 is 5.97 Å². The smallest absolute Gasteiger partial charge is 0.305 e. The van der Waals surface area contributed by atoms with Gasteiger partial charge in [0, 0.05) is 13.0 Å². The Morgan fingerprint density at radius 2 is 1.29 bits per heavy atom. The molecular formula is C33H58NO7P. The number of hydrogen-bond donors (Lipinski definition) is 0. The highest BCUT2D eigenvalue weighted by atomic mass is 31.2. The van der Waals surface area contributed by atoms with Crippen molar-refractivity contribution < 1.29 is 37.3 Å². The lowest BCUT2D eigenvalue weighted by Crippen LogP contribution is -2.37. The fourth-order valence-electron chi connectivity index (χ4n) is 3.43. The average molecular weight is 612 g/mol. The zero-order valence-electron chi connectivity index (χ0n) is 26.9. The van der Waals surface area contributed by atoms with E-state index in [0.29, 0.717) is 17.6 Å². The van der Waals surface area contributed by atoms with Crippen molar-refractivity contribution >= 4 is 13.8 Å².